The molecule has 0 N–H and O–H groups in total. The van der Waals surface area contributed by atoms with Crippen molar-refractivity contribution in [1.82, 2.24) is 0 Å². The van der Waals surface area contributed by atoms with Gasteiger partial charge in [-0.1, -0.05) is 98.0 Å². The lowest BCUT2D eigenvalue weighted by Crippen LogP contribution is -1.98. The van der Waals surface area contributed by atoms with Crippen molar-refractivity contribution in [1.29, 1.82) is 0 Å². The lowest BCUT2D eigenvalue weighted by atomic mass is 9.93. The van der Waals surface area contributed by atoms with Gasteiger partial charge >= 0.3 is 0 Å². The largest absolute Gasteiger partial charge is 0.203 e. The van der Waals surface area contributed by atoms with Gasteiger partial charge in [-0.2, -0.15) is 0 Å². The number of rotatable bonds is 8. The summed E-state index contributed by atoms with van der Waals surface area (Å²) in [6.45, 7) is 4.14. The van der Waals surface area contributed by atoms with Gasteiger partial charge < -0.3 is 0 Å². The molecule has 0 fully saturated rings. The highest BCUT2D eigenvalue weighted by Gasteiger charge is 2.11. The molecule has 0 saturated heterocycles. The van der Waals surface area contributed by atoms with Crippen molar-refractivity contribution in [3.8, 4) is 0 Å². The molecule has 0 aliphatic heterocycles. The molecule has 0 spiro atoms. The van der Waals surface area contributed by atoms with Crippen LogP contribution in [0.4, 0.5) is 8.78 Å². The van der Waals surface area contributed by atoms with Crippen molar-refractivity contribution < 1.29 is 8.78 Å². The molecule has 0 aromatic heterocycles. The van der Waals surface area contributed by atoms with Crippen LogP contribution in [0, 0.1) is 11.6 Å². The van der Waals surface area contributed by atoms with Crippen molar-refractivity contribution in [2.45, 2.75) is 39.0 Å². The number of aryl methyl sites for hydroxylation is 1. The van der Waals surface area contributed by atoms with Crippen LogP contribution in [0.25, 0.3) is 12.2 Å². The molecule has 0 unspecified atom stereocenters. The summed E-state index contributed by atoms with van der Waals surface area (Å²) in [6, 6.07) is 22.0. The molecule has 154 valence electrons. The fourth-order valence-corrected chi connectivity index (χ4v) is 3.54. The Morgan fingerprint density at radius 1 is 0.833 bits per heavy atom. The Labute approximate surface area is 178 Å². The summed E-state index contributed by atoms with van der Waals surface area (Å²) in [7, 11) is 0. The second kappa shape index (κ2) is 10.7. The van der Waals surface area contributed by atoms with Crippen molar-refractivity contribution in [2.75, 3.05) is 0 Å². The Morgan fingerprint density at radius 3 is 2.27 bits per heavy atom. The first-order valence-electron chi connectivity index (χ1n) is 10.5. The molecule has 0 aliphatic rings. The molecule has 0 nitrogen and oxygen atoms in total. The van der Waals surface area contributed by atoms with Crippen LogP contribution in [-0.2, 0) is 12.8 Å². The number of hydrogen-bond acceptors (Lipinski definition) is 0. The van der Waals surface area contributed by atoms with Crippen LogP contribution in [0.5, 0.6) is 0 Å². The van der Waals surface area contributed by atoms with Gasteiger partial charge in [-0.15, -0.1) is 0 Å². The Hall–Kier alpha value is -3.00. The van der Waals surface area contributed by atoms with Gasteiger partial charge in [0.05, 0.1) is 0 Å². The van der Waals surface area contributed by atoms with Gasteiger partial charge in [-0.3, -0.25) is 0 Å². The average Bonchev–Trinajstić information content (AvgIpc) is 2.78. The minimum Gasteiger partial charge on any atom is -0.203 e. The second-order valence-corrected chi connectivity index (χ2v) is 7.64. The fourth-order valence-electron chi connectivity index (χ4n) is 3.54. The van der Waals surface area contributed by atoms with Crippen molar-refractivity contribution in [2.24, 2.45) is 0 Å². The van der Waals surface area contributed by atoms with E-state index in [9.17, 15) is 8.78 Å². The molecule has 0 amide bonds. The van der Waals surface area contributed by atoms with Gasteiger partial charge in [0, 0.05) is 5.56 Å². The van der Waals surface area contributed by atoms with Gasteiger partial charge in [0.2, 0.25) is 0 Å². The zero-order valence-electron chi connectivity index (χ0n) is 17.6. The summed E-state index contributed by atoms with van der Waals surface area (Å²) in [5.41, 5.74) is 4.23. The van der Waals surface area contributed by atoms with E-state index in [1.54, 1.807) is 18.2 Å². The first-order valence-corrected chi connectivity index (χ1v) is 10.5. The Balaban J connectivity index is 1.65. The highest BCUT2D eigenvalue weighted by Crippen LogP contribution is 2.22. The van der Waals surface area contributed by atoms with Crippen LogP contribution in [0.3, 0.4) is 0 Å². The highest BCUT2D eigenvalue weighted by atomic mass is 19.2. The van der Waals surface area contributed by atoms with Crippen LogP contribution in [0.15, 0.2) is 78.9 Å². The minimum absolute atomic E-state index is 0.268. The molecule has 1 atom stereocenters. The molecule has 3 aromatic rings. The number of halogens is 2. The van der Waals surface area contributed by atoms with Gasteiger partial charge in [0.25, 0.3) is 0 Å². The average molecular weight is 403 g/mol. The topological polar surface area (TPSA) is 0 Å². The van der Waals surface area contributed by atoms with E-state index in [2.05, 4.69) is 43.3 Å². The molecular formula is C28H28F2. The third kappa shape index (κ3) is 5.76. The van der Waals surface area contributed by atoms with Crippen LogP contribution >= 0.6 is 0 Å². The molecule has 3 aromatic carbocycles. The molecule has 0 bridgehead atoms. The third-order valence-electron chi connectivity index (χ3n) is 5.35. The zero-order valence-corrected chi connectivity index (χ0v) is 17.6. The lowest BCUT2D eigenvalue weighted by Gasteiger charge is -2.12. The molecule has 0 radical (unpaired) electrons. The van der Waals surface area contributed by atoms with E-state index in [1.807, 2.05) is 43.4 Å². The van der Waals surface area contributed by atoms with Gasteiger partial charge in [-0.05, 0) is 54.4 Å². The SMILES string of the molecule is C/C=C/CCc1ccc(C=Cc2ccc(C[C@H](C)c3ccccc3)cc2)c(F)c1F. The normalized spacial score (nSPS) is 12.7. The Bertz CT molecular complexity index is 999. The van der Waals surface area contributed by atoms with Crippen molar-refractivity contribution in [3.05, 3.63) is 118 Å². The highest BCUT2D eigenvalue weighted by molar-refractivity contribution is 5.70. The summed E-state index contributed by atoms with van der Waals surface area (Å²) < 4.78 is 28.7. The first kappa shape index (κ1) is 21.7. The fraction of sp³-hybridized carbons (Fsp3) is 0.214. The predicted molar refractivity (Wildman–Crippen MR) is 123 cm³/mol. The quantitative estimate of drug-likeness (QED) is 0.264. The van der Waals surface area contributed by atoms with Crippen LogP contribution in [-0.4, -0.2) is 0 Å². The Kier molecular flexibility index (Phi) is 7.73. The van der Waals surface area contributed by atoms with E-state index >= 15 is 0 Å². The van der Waals surface area contributed by atoms with E-state index in [1.165, 1.54) is 11.1 Å². The monoisotopic (exact) mass is 402 g/mol. The molecule has 3 rings (SSSR count). The third-order valence-corrected chi connectivity index (χ3v) is 5.35. The molecular weight excluding hydrogens is 374 g/mol. The van der Waals surface area contributed by atoms with Crippen LogP contribution < -0.4 is 0 Å². The molecule has 0 heterocycles. The first-order chi connectivity index (χ1) is 14.6. The van der Waals surface area contributed by atoms with E-state index in [4.69, 9.17) is 0 Å². The van der Waals surface area contributed by atoms with Crippen LogP contribution in [0.1, 0.15) is 54.0 Å². The lowest BCUT2D eigenvalue weighted by molar-refractivity contribution is 0.497. The summed E-state index contributed by atoms with van der Waals surface area (Å²) in [5, 5.41) is 0. The summed E-state index contributed by atoms with van der Waals surface area (Å²) in [6.07, 6.45) is 9.49. The summed E-state index contributed by atoms with van der Waals surface area (Å²) in [5.74, 6) is -1.08. The van der Waals surface area contributed by atoms with E-state index < -0.39 is 11.6 Å². The summed E-state index contributed by atoms with van der Waals surface area (Å²) in [4.78, 5) is 0. The maximum atomic E-state index is 14.4. The van der Waals surface area contributed by atoms with E-state index in [0.29, 0.717) is 24.3 Å². The standard InChI is InChI=1S/C28H28F2/c1-3-4-6-11-25-18-19-26(28(30)27(25)29)17-16-22-12-14-23(15-13-22)20-21(2)24-9-7-5-8-10-24/h3-5,7-10,12-19,21H,6,11,20H2,1-2H3/b4-3+,17-16?/t21-/m0/s1. The van der Waals surface area contributed by atoms with E-state index in [0.717, 1.165) is 12.0 Å². The molecule has 0 aliphatic carbocycles. The van der Waals surface area contributed by atoms with Crippen molar-refractivity contribution >= 4 is 12.2 Å². The number of hydrogen-bond donors (Lipinski definition) is 0. The predicted octanol–water partition coefficient (Wildman–Crippen LogP) is 7.99. The van der Waals surface area contributed by atoms with Gasteiger partial charge in [-0.25, -0.2) is 8.78 Å². The van der Waals surface area contributed by atoms with Crippen LogP contribution in [0.2, 0.25) is 0 Å². The minimum atomic E-state index is -0.780. The Morgan fingerprint density at radius 2 is 1.57 bits per heavy atom. The van der Waals surface area contributed by atoms with E-state index in [-0.39, 0.29) is 5.56 Å². The number of benzene rings is 3. The van der Waals surface area contributed by atoms with Gasteiger partial charge in [0.15, 0.2) is 11.6 Å². The molecule has 30 heavy (non-hydrogen) atoms. The maximum absolute atomic E-state index is 14.4. The zero-order chi connectivity index (χ0) is 21.3. The second-order valence-electron chi connectivity index (χ2n) is 7.64. The molecule has 0 saturated carbocycles. The summed E-state index contributed by atoms with van der Waals surface area (Å²) >= 11 is 0. The van der Waals surface area contributed by atoms with Gasteiger partial charge in [0.1, 0.15) is 0 Å². The number of allylic oxidation sites excluding steroid dienone is 2. The smallest absolute Gasteiger partial charge is 0.166 e. The maximum Gasteiger partial charge on any atom is 0.166 e. The molecule has 2 heteroatoms. The van der Waals surface area contributed by atoms with Crippen molar-refractivity contribution in [3.63, 3.8) is 0 Å².